The summed E-state index contributed by atoms with van der Waals surface area (Å²) in [4.78, 5) is 2.61. The first kappa shape index (κ1) is 35.9. The standard InChI is InChI=1S/C49H49N2.HI/c1-48(2)44(50(34-16-22-36-18-7-5-8-19-36)42-32-30-38-24-11-13-26-40(38)46(42)48)28-15-29-45-49(3,4)47-41-27-14-12-25-39(41)31-33-43(47)51(45)35-17-23-37-20-9-6-10-21-37;/h5-15,18-21,24-33H,16-17,22-23,34-35H2,1-4H3;1H/q+1;/p-1. The van der Waals surface area contributed by atoms with E-state index in [1.807, 2.05) is 0 Å². The van der Waals surface area contributed by atoms with Gasteiger partial charge in [0.05, 0.1) is 5.41 Å². The number of anilines is 1. The third-order valence-electron chi connectivity index (χ3n) is 11.4. The van der Waals surface area contributed by atoms with Gasteiger partial charge in [-0.05, 0) is 89.6 Å². The fourth-order valence-electron chi connectivity index (χ4n) is 8.95. The molecule has 2 aliphatic rings. The van der Waals surface area contributed by atoms with Crippen LogP contribution in [0, 0.1) is 0 Å². The Morgan fingerprint density at radius 1 is 0.577 bits per heavy atom. The van der Waals surface area contributed by atoms with Crippen molar-refractivity contribution >= 4 is 38.6 Å². The van der Waals surface area contributed by atoms with Gasteiger partial charge in [-0.15, -0.1) is 0 Å². The summed E-state index contributed by atoms with van der Waals surface area (Å²) in [5.41, 5.74) is 10.8. The molecular weight excluding hydrogens is 743 g/mol. The Morgan fingerprint density at radius 3 is 1.79 bits per heavy atom. The third-order valence-corrected chi connectivity index (χ3v) is 11.4. The van der Waals surface area contributed by atoms with E-state index in [0.29, 0.717) is 0 Å². The van der Waals surface area contributed by atoms with E-state index in [9.17, 15) is 0 Å². The molecule has 0 bridgehead atoms. The van der Waals surface area contributed by atoms with Crippen molar-refractivity contribution in [1.82, 2.24) is 0 Å². The lowest BCUT2D eigenvalue weighted by Gasteiger charge is -2.27. The van der Waals surface area contributed by atoms with E-state index in [2.05, 4.69) is 189 Å². The zero-order valence-electron chi connectivity index (χ0n) is 30.9. The van der Waals surface area contributed by atoms with Gasteiger partial charge in [0.1, 0.15) is 6.54 Å². The van der Waals surface area contributed by atoms with Crippen molar-refractivity contribution in [2.75, 3.05) is 18.0 Å². The first-order chi connectivity index (χ1) is 24.8. The molecule has 6 aromatic rings. The van der Waals surface area contributed by atoms with Crippen LogP contribution < -0.4 is 28.9 Å². The first-order valence-electron chi connectivity index (χ1n) is 18.8. The maximum Gasteiger partial charge on any atom is 0.210 e. The molecule has 6 aromatic carbocycles. The van der Waals surface area contributed by atoms with Crippen LogP contribution in [0.4, 0.5) is 11.4 Å². The van der Waals surface area contributed by atoms with E-state index >= 15 is 0 Å². The summed E-state index contributed by atoms with van der Waals surface area (Å²) in [6, 6.07) is 49.0. The SMILES string of the molecule is CC1(C)C(/C=C/C=C2/N(CCCc3ccccc3)c3ccc4ccccc4c3C2(C)C)=[N+](CCCc2ccccc2)c2ccc3ccccc3c21.[I-]. The average molecular weight is 793 g/mol. The van der Waals surface area contributed by atoms with E-state index in [1.165, 1.54) is 66.6 Å². The minimum Gasteiger partial charge on any atom is -1.00 e. The molecule has 0 N–H and O–H groups in total. The lowest BCUT2D eigenvalue weighted by Crippen LogP contribution is -3.00. The highest BCUT2D eigenvalue weighted by Gasteiger charge is 2.45. The van der Waals surface area contributed by atoms with Crippen LogP contribution in [0.25, 0.3) is 21.5 Å². The molecule has 2 aliphatic heterocycles. The van der Waals surface area contributed by atoms with Crippen molar-refractivity contribution in [1.29, 1.82) is 0 Å². The largest absolute Gasteiger partial charge is 1.00 e. The van der Waals surface area contributed by atoms with Gasteiger partial charge in [-0.1, -0.05) is 135 Å². The number of allylic oxidation sites excluding steroid dienone is 4. The molecule has 0 aromatic heterocycles. The van der Waals surface area contributed by atoms with Crippen molar-refractivity contribution in [2.24, 2.45) is 0 Å². The minimum absolute atomic E-state index is 0. The summed E-state index contributed by atoms with van der Waals surface area (Å²) in [5.74, 6) is 0. The van der Waals surface area contributed by atoms with Gasteiger partial charge in [0.2, 0.25) is 5.69 Å². The van der Waals surface area contributed by atoms with Gasteiger partial charge in [-0.2, -0.15) is 4.58 Å². The third kappa shape index (κ3) is 6.53. The van der Waals surface area contributed by atoms with Gasteiger partial charge in [0.15, 0.2) is 5.71 Å². The average Bonchev–Trinajstić information content (AvgIpc) is 3.51. The van der Waals surface area contributed by atoms with Crippen LogP contribution in [0.5, 0.6) is 0 Å². The van der Waals surface area contributed by atoms with Gasteiger partial charge >= 0.3 is 0 Å². The first-order valence-corrected chi connectivity index (χ1v) is 18.8. The number of aryl methyl sites for hydroxylation is 2. The van der Waals surface area contributed by atoms with Crippen LogP contribution in [0.15, 0.2) is 157 Å². The maximum atomic E-state index is 2.61. The summed E-state index contributed by atoms with van der Waals surface area (Å²) in [5, 5.41) is 5.34. The van der Waals surface area contributed by atoms with Gasteiger partial charge in [0.25, 0.3) is 0 Å². The summed E-state index contributed by atoms with van der Waals surface area (Å²) in [7, 11) is 0. The number of rotatable bonds is 10. The van der Waals surface area contributed by atoms with Crippen molar-refractivity contribution in [3.8, 4) is 0 Å². The number of nitrogens with zero attached hydrogens (tertiary/aromatic N) is 2. The van der Waals surface area contributed by atoms with E-state index in [1.54, 1.807) is 0 Å². The molecule has 262 valence electrons. The van der Waals surface area contributed by atoms with Crippen molar-refractivity contribution in [2.45, 2.75) is 64.2 Å². The highest BCUT2D eigenvalue weighted by molar-refractivity contribution is 6.07. The molecule has 0 radical (unpaired) electrons. The number of hydrogen-bond acceptors (Lipinski definition) is 1. The topological polar surface area (TPSA) is 6.25 Å². The van der Waals surface area contributed by atoms with Crippen LogP contribution in [-0.4, -0.2) is 23.4 Å². The number of hydrogen-bond donors (Lipinski definition) is 0. The van der Waals surface area contributed by atoms with Gasteiger partial charge in [0, 0.05) is 47.5 Å². The molecular formula is C49H49IN2. The van der Waals surface area contributed by atoms with Crippen LogP contribution in [-0.2, 0) is 23.7 Å². The molecule has 52 heavy (non-hydrogen) atoms. The highest BCUT2D eigenvalue weighted by Crippen LogP contribution is 2.51. The second-order valence-corrected chi connectivity index (χ2v) is 15.4. The molecule has 3 heteroatoms. The summed E-state index contributed by atoms with van der Waals surface area (Å²) < 4.78 is 2.61. The zero-order valence-corrected chi connectivity index (χ0v) is 33.1. The Labute approximate surface area is 327 Å². The Morgan fingerprint density at radius 2 is 1.13 bits per heavy atom. The van der Waals surface area contributed by atoms with Crippen LogP contribution in [0.3, 0.4) is 0 Å². The lowest BCUT2D eigenvalue weighted by atomic mass is 9.79. The molecule has 0 amide bonds. The number of benzene rings is 6. The van der Waals surface area contributed by atoms with Gasteiger partial charge in [-0.25, -0.2) is 0 Å². The molecule has 8 rings (SSSR count). The van der Waals surface area contributed by atoms with Gasteiger partial charge < -0.3 is 28.9 Å². The van der Waals surface area contributed by atoms with Crippen LogP contribution in [0.1, 0.15) is 62.8 Å². The minimum atomic E-state index is -0.141. The molecule has 0 spiro atoms. The number of fused-ring (bicyclic) bond motifs is 6. The Hall–Kier alpha value is -4.48. The summed E-state index contributed by atoms with van der Waals surface area (Å²) >= 11 is 0. The molecule has 0 saturated carbocycles. The smallest absolute Gasteiger partial charge is 0.210 e. The van der Waals surface area contributed by atoms with E-state index in [0.717, 1.165) is 38.8 Å². The predicted octanol–water partition coefficient (Wildman–Crippen LogP) is 8.88. The fraction of sp³-hybridized carbons (Fsp3) is 0.245. The Kier molecular flexibility index (Phi) is 10.3. The van der Waals surface area contributed by atoms with Crippen LogP contribution in [0.2, 0.25) is 0 Å². The normalized spacial score (nSPS) is 16.5. The second kappa shape index (κ2) is 14.9. The highest BCUT2D eigenvalue weighted by atomic mass is 127. The molecule has 0 unspecified atom stereocenters. The molecule has 0 fully saturated rings. The fourth-order valence-corrected chi connectivity index (χ4v) is 8.95. The molecule has 0 saturated heterocycles. The maximum absolute atomic E-state index is 2.61. The molecule has 0 atom stereocenters. The summed E-state index contributed by atoms with van der Waals surface area (Å²) in [6.45, 7) is 11.6. The lowest BCUT2D eigenvalue weighted by molar-refractivity contribution is -0.438. The Bertz CT molecular complexity index is 2310. The predicted molar refractivity (Wildman–Crippen MR) is 218 cm³/mol. The molecule has 0 aliphatic carbocycles. The van der Waals surface area contributed by atoms with Crippen molar-refractivity contribution < 1.29 is 28.6 Å². The van der Waals surface area contributed by atoms with Gasteiger partial charge in [-0.3, -0.25) is 0 Å². The van der Waals surface area contributed by atoms with Crippen molar-refractivity contribution in [3.05, 3.63) is 180 Å². The summed E-state index contributed by atoms with van der Waals surface area (Å²) in [6.07, 6.45) is 11.5. The zero-order chi connectivity index (χ0) is 35.0. The molecule has 2 heterocycles. The van der Waals surface area contributed by atoms with E-state index in [4.69, 9.17) is 0 Å². The second-order valence-electron chi connectivity index (χ2n) is 15.4. The van der Waals surface area contributed by atoms with E-state index < -0.39 is 0 Å². The Balaban J connectivity index is 0.00000420. The molecule has 2 nitrogen and oxygen atoms in total. The monoisotopic (exact) mass is 792 g/mol. The van der Waals surface area contributed by atoms with Crippen molar-refractivity contribution in [3.63, 3.8) is 0 Å². The van der Waals surface area contributed by atoms with E-state index in [-0.39, 0.29) is 34.8 Å². The quantitative estimate of drug-likeness (QED) is 0.0994. The number of halogens is 1. The van der Waals surface area contributed by atoms with Crippen LogP contribution >= 0.6 is 0 Å².